The molecule has 0 fully saturated rings. The van der Waals surface area contributed by atoms with Crippen molar-refractivity contribution < 1.29 is 14.3 Å². The van der Waals surface area contributed by atoms with Crippen LogP contribution < -0.4 is 5.73 Å². The van der Waals surface area contributed by atoms with E-state index < -0.39 is 5.54 Å². The Morgan fingerprint density at radius 2 is 2.06 bits per heavy atom. The van der Waals surface area contributed by atoms with Gasteiger partial charge in [-0.3, -0.25) is 9.69 Å². The first-order valence-corrected chi connectivity index (χ1v) is 5.65. The highest BCUT2D eigenvalue weighted by Gasteiger charge is 2.31. The number of hydrogen-bond acceptors (Lipinski definition) is 5. The second-order valence-corrected chi connectivity index (χ2v) is 3.97. The molecule has 0 heterocycles. The number of ether oxygens (including phenoxy) is 2. The van der Waals surface area contributed by atoms with E-state index in [2.05, 4.69) is 9.64 Å². The van der Waals surface area contributed by atoms with E-state index in [1.807, 2.05) is 13.8 Å². The maximum atomic E-state index is 11.4. The number of methoxy groups -OCH3 is 1. The molecule has 0 spiro atoms. The van der Waals surface area contributed by atoms with Crippen LogP contribution in [0, 0.1) is 0 Å². The van der Waals surface area contributed by atoms with Crippen molar-refractivity contribution in [3.05, 3.63) is 0 Å². The molecule has 2 N–H and O–H groups in total. The summed E-state index contributed by atoms with van der Waals surface area (Å²) in [6, 6.07) is 0. The lowest BCUT2D eigenvalue weighted by Gasteiger charge is -2.29. The Bertz CT molecular complexity index is 207. The maximum Gasteiger partial charge on any atom is 0.326 e. The Kier molecular flexibility index (Phi) is 7.29. The quantitative estimate of drug-likeness (QED) is 0.479. The van der Waals surface area contributed by atoms with Crippen molar-refractivity contribution in [2.75, 3.05) is 40.0 Å². The summed E-state index contributed by atoms with van der Waals surface area (Å²) in [6.45, 7) is 9.10. The maximum absolute atomic E-state index is 11.4. The van der Waals surface area contributed by atoms with E-state index in [9.17, 15) is 4.79 Å². The molecule has 0 aromatic rings. The number of likely N-dealkylation sites (N-methyl/N-ethyl adjacent to an activating group) is 1. The summed E-state index contributed by atoms with van der Waals surface area (Å²) in [5.41, 5.74) is 4.93. The van der Waals surface area contributed by atoms with Crippen LogP contribution in [0.3, 0.4) is 0 Å². The van der Waals surface area contributed by atoms with Gasteiger partial charge in [-0.1, -0.05) is 6.92 Å². The van der Waals surface area contributed by atoms with Gasteiger partial charge in [-0.15, -0.1) is 0 Å². The molecule has 1 atom stereocenters. The molecule has 0 radical (unpaired) electrons. The van der Waals surface area contributed by atoms with Crippen LogP contribution in [-0.2, 0) is 14.3 Å². The Balaban J connectivity index is 4.14. The molecule has 0 saturated heterocycles. The van der Waals surface area contributed by atoms with Gasteiger partial charge < -0.3 is 15.2 Å². The smallest absolute Gasteiger partial charge is 0.326 e. The fourth-order valence-electron chi connectivity index (χ4n) is 1.45. The van der Waals surface area contributed by atoms with E-state index in [1.165, 1.54) is 7.11 Å². The minimum absolute atomic E-state index is 0.387. The molecule has 0 aromatic heterocycles. The zero-order valence-corrected chi connectivity index (χ0v) is 10.8. The molecule has 0 bridgehead atoms. The molecule has 0 aliphatic carbocycles. The third kappa shape index (κ3) is 5.44. The highest BCUT2D eigenvalue weighted by molar-refractivity contribution is 5.80. The van der Waals surface area contributed by atoms with Gasteiger partial charge in [0, 0.05) is 19.7 Å². The van der Waals surface area contributed by atoms with E-state index in [4.69, 9.17) is 10.5 Å². The minimum Gasteiger partial charge on any atom is -0.468 e. The van der Waals surface area contributed by atoms with Gasteiger partial charge in [-0.2, -0.15) is 0 Å². The van der Waals surface area contributed by atoms with E-state index in [1.54, 1.807) is 6.92 Å². The van der Waals surface area contributed by atoms with E-state index >= 15 is 0 Å². The number of nitrogens with zero attached hydrogens (tertiary/aromatic N) is 1. The Morgan fingerprint density at radius 1 is 1.44 bits per heavy atom. The van der Waals surface area contributed by atoms with Crippen LogP contribution in [0.2, 0.25) is 0 Å². The summed E-state index contributed by atoms with van der Waals surface area (Å²) in [7, 11) is 1.35. The SMILES string of the molecule is CCOCCN(CC)CC(C)(N)C(=O)OC. The Hall–Kier alpha value is -0.650. The van der Waals surface area contributed by atoms with Crippen LogP contribution in [0.25, 0.3) is 0 Å². The third-order valence-corrected chi connectivity index (χ3v) is 2.41. The number of hydrogen-bond donors (Lipinski definition) is 1. The summed E-state index contributed by atoms with van der Waals surface area (Å²) in [5.74, 6) is -0.387. The van der Waals surface area contributed by atoms with Crippen molar-refractivity contribution in [2.45, 2.75) is 26.3 Å². The van der Waals surface area contributed by atoms with E-state index in [-0.39, 0.29) is 5.97 Å². The van der Waals surface area contributed by atoms with E-state index in [0.29, 0.717) is 19.8 Å². The summed E-state index contributed by atoms with van der Waals surface area (Å²) in [6.07, 6.45) is 0. The van der Waals surface area contributed by atoms with Crippen LogP contribution in [0.15, 0.2) is 0 Å². The van der Waals surface area contributed by atoms with Crippen molar-refractivity contribution >= 4 is 5.97 Å². The highest BCUT2D eigenvalue weighted by Crippen LogP contribution is 2.05. The van der Waals surface area contributed by atoms with Gasteiger partial charge in [0.05, 0.1) is 13.7 Å². The Morgan fingerprint density at radius 3 is 2.50 bits per heavy atom. The monoisotopic (exact) mass is 232 g/mol. The van der Waals surface area contributed by atoms with Gasteiger partial charge in [-0.05, 0) is 20.4 Å². The normalized spacial score (nSPS) is 14.9. The molecule has 0 amide bonds. The van der Waals surface area contributed by atoms with Gasteiger partial charge in [0.15, 0.2) is 0 Å². The lowest BCUT2D eigenvalue weighted by Crippen LogP contribution is -2.54. The fraction of sp³-hybridized carbons (Fsp3) is 0.909. The van der Waals surface area contributed by atoms with Crippen molar-refractivity contribution in [1.29, 1.82) is 0 Å². The molecule has 0 rings (SSSR count). The molecule has 5 heteroatoms. The van der Waals surface area contributed by atoms with Crippen molar-refractivity contribution in [3.63, 3.8) is 0 Å². The first-order chi connectivity index (χ1) is 7.47. The summed E-state index contributed by atoms with van der Waals surface area (Å²) >= 11 is 0. The van der Waals surface area contributed by atoms with Crippen LogP contribution in [-0.4, -0.2) is 56.4 Å². The van der Waals surface area contributed by atoms with Crippen molar-refractivity contribution in [2.24, 2.45) is 5.73 Å². The zero-order chi connectivity index (χ0) is 12.6. The molecule has 5 nitrogen and oxygen atoms in total. The Labute approximate surface area is 97.9 Å². The zero-order valence-electron chi connectivity index (χ0n) is 10.8. The predicted molar refractivity (Wildman–Crippen MR) is 63.2 cm³/mol. The molecule has 1 unspecified atom stereocenters. The molecule has 0 aromatic carbocycles. The van der Waals surface area contributed by atoms with Crippen LogP contribution in [0.1, 0.15) is 20.8 Å². The molecular weight excluding hydrogens is 208 g/mol. The highest BCUT2D eigenvalue weighted by atomic mass is 16.5. The summed E-state index contributed by atoms with van der Waals surface area (Å²) < 4.78 is 9.93. The number of rotatable bonds is 8. The summed E-state index contributed by atoms with van der Waals surface area (Å²) in [5, 5.41) is 0. The van der Waals surface area contributed by atoms with Gasteiger partial charge in [0.2, 0.25) is 0 Å². The summed E-state index contributed by atoms with van der Waals surface area (Å²) in [4.78, 5) is 13.5. The molecule has 96 valence electrons. The number of carbonyl (C=O) groups is 1. The second-order valence-electron chi connectivity index (χ2n) is 3.97. The first kappa shape index (κ1) is 15.3. The average Bonchev–Trinajstić information content (AvgIpc) is 2.26. The van der Waals surface area contributed by atoms with Crippen LogP contribution >= 0.6 is 0 Å². The van der Waals surface area contributed by atoms with Crippen LogP contribution in [0.5, 0.6) is 0 Å². The third-order valence-electron chi connectivity index (χ3n) is 2.41. The second kappa shape index (κ2) is 7.60. The van der Waals surface area contributed by atoms with Crippen molar-refractivity contribution in [3.8, 4) is 0 Å². The van der Waals surface area contributed by atoms with Gasteiger partial charge in [0.25, 0.3) is 0 Å². The molecule has 0 aliphatic rings. The van der Waals surface area contributed by atoms with Gasteiger partial charge in [-0.25, -0.2) is 0 Å². The molecule has 0 aliphatic heterocycles. The molecule has 16 heavy (non-hydrogen) atoms. The topological polar surface area (TPSA) is 64.8 Å². The first-order valence-electron chi connectivity index (χ1n) is 5.65. The lowest BCUT2D eigenvalue weighted by atomic mass is 10.0. The van der Waals surface area contributed by atoms with Gasteiger partial charge in [0.1, 0.15) is 5.54 Å². The van der Waals surface area contributed by atoms with E-state index in [0.717, 1.165) is 13.1 Å². The number of esters is 1. The standard InChI is InChI=1S/C11H24N2O3/c1-5-13(7-8-16-6-2)9-11(3,12)10(14)15-4/h5-9,12H2,1-4H3. The molecular formula is C11H24N2O3. The van der Waals surface area contributed by atoms with Gasteiger partial charge >= 0.3 is 5.97 Å². The fourth-order valence-corrected chi connectivity index (χ4v) is 1.45. The lowest BCUT2D eigenvalue weighted by molar-refractivity contribution is -0.147. The number of carbonyl (C=O) groups excluding carboxylic acids is 1. The van der Waals surface area contributed by atoms with Crippen molar-refractivity contribution in [1.82, 2.24) is 4.90 Å². The minimum atomic E-state index is -0.961. The number of nitrogens with two attached hydrogens (primary N) is 1. The average molecular weight is 232 g/mol. The predicted octanol–water partition coefficient (Wildman–Crippen LogP) is 0.235. The largest absolute Gasteiger partial charge is 0.468 e. The molecule has 0 saturated carbocycles. The van der Waals surface area contributed by atoms with Crippen LogP contribution in [0.4, 0.5) is 0 Å².